The number of benzene rings is 1. The summed E-state index contributed by atoms with van der Waals surface area (Å²) in [6, 6.07) is 12.2. The molecule has 0 unspecified atom stereocenters. The summed E-state index contributed by atoms with van der Waals surface area (Å²) >= 11 is 0. The molecule has 29 heavy (non-hydrogen) atoms. The number of carbonyl (C=O) groups excluding carboxylic acids is 2. The maximum Gasteiger partial charge on any atom is 0.255 e. The number of piperidine rings is 1. The molecule has 1 fully saturated rings. The van der Waals surface area contributed by atoms with E-state index in [0.29, 0.717) is 29.5 Å². The van der Waals surface area contributed by atoms with Crippen molar-refractivity contribution in [2.75, 3.05) is 19.6 Å². The van der Waals surface area contributed by atoms with Crippen LogP contribution in [0.3, 0.4) is 0 Å². The lowest BCUT2D eigenvalue weighted by Crippen LogP contribution is -2.39. The van der Waals surface area contributed by atoms with E-state index in [1.165, 1.54) is 11.8 Å². The number of amides is 2. The Kier molecular flexibility index (Phi) is 7.39. The van der Waals surface area contributed by atoms with Gasteiger partial charge in [0.2, 0.25) is 0 Å². The zero-order chi connectivity index (χ0) is 20.6. The van der Waals surface area contributed by atoms with Crippen LogP contribution < -0.4 is 5.32 Å². The number of hydrogen-bond acceptors (Lipinski definition) is 3. The third-order valence-electron chi connectivity index (χ3n) is 5.52. The molecule has 1 saturated heterocycles. The Morgan fingerprint density at radius 3 is 2.48 bits per heavy atom. The minimum Gasteiger partial charge on any atom is -0.352 e. The molecule has 5 heteroatoms. The van der Waals surface area contributed by atoms with E-state index < -0.39 is 0 Å². The molecule has 1 N–H and O–H groups in total. The topological polar surface area (TPSA) is 62.3 Å². The Morgan fingerprint density at radius 2 is 1.79 bits per heavy atom. The van der Waals surface area contributed by atoms with E-state index in [1.807, 2.05) is 11.0 Å². The van der Waals surface area contributed by atoms with Crippen molar-refractivity contribution in [1.29, 1.82) is 0 Å². The van der Waals surface area contributed by atoms with E-state index in [2.05, 4.69) is 48.4 Å². The highest BCUT2D eigenvalue weighted by Crippen LogP contribution is 2.23. The van der Waals surface area contributed by atoms with E-state index in [4.69, 9.17) is 0 Å². The van der Waals surface area contributed by atoms with Gasteiger partial charge in [-0.1, -0.05) is 44.2 Å². The second kappa shape index (κ2) is 10.2. The maximum absolute atomic E-state index is 12.9. The monoisotopic (exact) mass is 393 g/mol. The van der Waals surface area contributed by atoms with E-state index in [9.17, 15) is 9.59 Å². The van der Waals surface area contributed by atoms with Gasteiger partial charge in [-0.05, 0) is 49.1 Å². The molecule has 1 aromatic heterocycles. The summed E-state index contributed by atoms with van der Waals surface area (Å²) in [5.41, 5.74) is 2.29. The first-order valence-corrected chi connectivity index (χ1v) is 10.6. The minimum absolute atomic E-state index is 0.0347. The third-order valence-corrected chi connectivity index (χ3v) is 5.52. The first-order chi connectivity index (χ1) is 14.0. The van der Waals surface area contributed by atoms with Gasteiger partial charge in [0.25, 0.3) is 11.8 Å². The fourth-order valence-corrected chi connectivity index (χ4v) is 3.73. The van der Waals surface area contributed by atoms with Crippen molar-refractivity contribution in [1.82, 2.24) is 15.2 Å². The summed E-state index contributed by atoms with van der Waals surface area (Å²) in [6.45, 7) is 6.37. The van der Waals surface area contributed by atoms with Crippen LogP contribution in [0.15, 0.2) is 48.8 Å². The molecule has 0 saturated carbocycles. The van der Waals surface area contributed by atoms with Gasteiger partial charge in [-0.15, -0.1) is 0 Å². The van der Waals surface area contributed by atoms with Crippen molar-refractivity contribution in [2.24, 2.45) is 11.8 Å². The van der Waals surface area contributed by atoms with Crippen LogP contribution in [0.25, 0.3) is 0 Å². The van der Waals surface area contributed by atoms with E-state index in [0.717, 1.165) is 38.8 Å². The van der Waals surface area contributed by atoms with Gasteiger partial charge in [0.15, 0.2) is 0 Å². The van der Waals surface area contributed by atoms with Gasteiger partial charge in [0.05, 0.1) is 11.1 Å². The number of likely N-dealkylation sites (tertiary alicyclic amines) is 1. The molecule has 5 nitrogen and oxygen atoms in total. The first-order valence-electron chi connectivity index (χ1n) is 10.6. The Balaban J connectivity index is 1.53. The average Bonchev–Trinajstić information content (AvgIpc) is 2.74. The number of hydrogen-bond donors (Lipinski definition) is 1. The van der Waals surface area contributed by atoms with E-state index in [-0.39, 0.29) is 11.8 Å². The van der Waals surface area contributed by atoms with Crippen LogP contribution in [0.5, 0.6) is 0 Å². The summed E-state index contributed by atoms with van der Waals surface area (Å²) in [6.07, 6.45) is 7.08. The van der Waals surface area contributed by atoms with Gasteiger partial charge < -0.3 is 10.2 Å². The highest BCUT2D eigenvalue weighted by molar-refractivity contribution is 5.99. The minimum atomic E-state index is -0.172. The van der Waals surface area contributed by atoms with Crippen LogP contribution in [0.4, 0.5) is 0 Å². The maximum atomic E-state index is 12.9. The van der Waals surface area contributed by atoms with Crippen molar-refractivity contribution >= 4 is 11.8 Å². The molecule has 1 aromatic carbocycles. The molecule has 2 amide bonds. The van der Waals surface area contributed by atoms with Crippen LogP contribution in [-0.2, 0) is 6.42 Å². The van der Waals surface area contributed by atoms with Gasteiger partial charge in [0.1, 0.15) is 0 Å². The second-order valence-corrected chi connectivity index (χ2v) is 8.33. The van der Waals surface area contributed by atoms with Gasteiger partial charge in [-0.3, -0.25) is 14.6 Å². The summed E-state index contributed by atoms with van der Waals surface area (Å²) in [4.78, 5) is 31.2. The van der Waals surface area contributed by atoms with Crippen LogP contribution >= 0.6 is 0 Å². The van der Waals surface area contributed by atoms with Gasteiger partial charge in [-0.2, -0.15) is 0 Å². The molecule has 0 atom stereocenters. The largest absolute Gasteiger partial charge is 0.352 e. The first kappa shape index (κ1) is 21.0. The van der Waals surface area contributed by atoms with Crippen LogP contribution in [0, 0.1) is 11.8 Å². The molecular weight excluding hydrogens is 362 g/mol. The molecule has 0 bridgehead atoms. The summed E-state index contributed by atoms with van der Waals surface area (Å²) in [7, 11) is 0. The number of aromatic nitrogens is 1. The Morgan fingerprint density at radius 1 is 1.10 bits per heavy atom. The SMILES string of the molecule is CC(C)CCNC(=O)c1cncc(C(=O)N2CCC(Cc3ccccc3)CC2)c1. The van der Waals surface area contributed by atoms with Crippen molar-refractivity contribution < 1.29 is 9.59 Å². The Labute approximate surface area is 173 Å². The standard InChI is InChI=1S/C24H31N3O2/c1-18(2)8-11-26-23(28)21-15-22(17-25-16-21)24(29)27-12-9-20(10-13-27)14-19-6-4-3-5-7-19/h3-7,15-18,20H,8-14H2,1-2H3,(H,26,28). The lowest BCUT2D eigenvalue weighted by atomic mass is 9.90. The van der Waals surface area contributed by atoms with Crippen molar-refractivity contribution in [3.8, 4) is 0 Å². The van der Waals surface area contributed by atoms with Gasteiger partial charge in [-0.25, -0.2) is 0 Å². The van der Waals surface area contributed by atoms with Gasteiger partial charge >= 0.3 is 0 Å². The molecule has 1 aliphatic heterocycles. The van der Waals surface area contributed by atoms with Crippen molar-refractivity contribution in [2.45, 2.75) is 39.5 Å². The second-order valence-electron chi connectivity index (χ2n) is 8.33. The smallest absolute Gasteiger partial charge is 0.255 e. The molecule has 154 valence electrons. The average molecular weight is 394 g/mol. The molecular formula is C24H31N3O2. The normalized spacial score (nSPS) is 14.8. The van der Waals surface area contributed by atoms with Crippen LogP contribution in [-0.4, -0.2) is 41.3 Å². The number of nitrogens with one attached hydrogen (secondary N) is 1. The van der Waals surface area contributed by atoms with E-state index in [1.54, 1.807) is 12.3 Å². The fourth-order valence-electron chi connectivity index (χ4n) is 3.73. The number of carbonyl (C=O) groups is 2. The summed E-state index contributed by atoms with van der Waals surface area (Å²) in [5.74, 6) is 0.936. The fraction of sp³-hybridized carbons (Fsp3) is 0.458. The number of pyridine rings is 1. The predicted octanol–water partition coefficient (Wildman–Crippen LogP) is 3.95. The molecule has 2 aromatic rings. The van der Waals surface area contributed by atoms with Crippen LogP contribution in [0.2, 0.25) is 0 Å². The molecule has 0 aliphatic carbocycles. The molecule has 0 spiro atoms. The van der Waals surface area contributed by atoms with Gasteiger partial charge in [0, 0.05) is 32.0 Å². The zero-order valence-corrected chi connectivity index (χ0v) is 17.4. The lowest BCUT2D eigenvalue weighted by molar-refractivity contribution is 0.0690. The molecule has 1 aliphatic rings. The van der Waals surface area contributed by atoms with Crippen molar-refractivity contribution in [3.63, 3.8) is 0 Å². The Hall–Kier alpha value is -2.69. The summed E-state index contributed by atoms with van der Waals surface area (Å²) in [5, 5.41) is 2.90. The number of rotatable bonds is 7. The lowest BCUT2D eigenvalue weighted by Gasteiger charge is -2.32. The van der Waals surface area contributed by atoms with Crippen LogP contribution in [0.1, 0.15) is 59.4 Å². The third kappa shape index (κ3) is 6.14. The van der Waals surface area contributed by atoms with Crippen molar-refractivity contribution in [3.05, 3.63) is 65.5 Å². The molecule has 0 radical (unpaired) electrons. The Bertz CT molecular complexity index is 812. The predicted molar refractivity (Wildman–Crippen MR) is 115 cm³/mol. The van der Waals surface area contributed by atoms with E-state index >= 15 is 0 Å². The molecule has 3 rings (SSSR count). The highest BCUT2D eigenvalue weighted by atomic mass is 16.2. The number of nitrogens with zero attached hydrogens (tertiary/aromatic N) is 2. The highest BCUT2D eigenvalue weighted by Gasteiger charge is 2.24. The quantitative estimate of drug-likeness (QED) is 0.775. The summed E-state index contributed by atoms with van der Waals surface area (Å²) < 4.78 is 0. The zero-order valence-electron chi connectivity index (χ0n) is 17.4. The molecule has 2 heterocycles.